The lowest BCUT2D eigenvalue weighted by molar-refractivity contribution is -0.133. The van der Waals surface area contributed by atoms with Crippen molar-refractivity contribution in [1.82, 2.24) is 15.0 Å². The predicted molar refractivity (Wildman–Crippen MR) is 111 cm³/mol. The predicted octanol–water partition coefficient (Wildman–Crippen LogP) is 1.73. The van der Waals surface area contributed by atoms with Crippen molar-refractivity contribution in [1.29, 1.82) is 0 Å². The zero-order chi connectivity index (χ0) is 22.1. The van der Waals surface area contributed by atoms with Crippen LogP contribution in [0.4, 0.5) is 0 Å². The molecular formula is C23H25N3O6. The highest BCUT2D eigenvalue weighted by atomic mass is 16.5. The largest absolute Gasteiger partial charge is 0.487 e. The third kappa shape index (κ3) is 4.18. The fourth-order valence-electron chi connectivity index (χ4n) is 4.53. The van der Waals surface area contributed by atoms with Crippen molar-refractivity contribution in [3.05, 3.63) is 46.8 Å². The summed E-state index contributed by atoms with van der Waals surface area (Å²) in [7, 11) is 0. The van der Waals surface area contributed by atoms with Crippen LogP contribution in [-0.4, -0.2) is 64.8 Å². The van der Waals surface area contributed by atoms with Gasteiger partial charge >= 0.3 is 0 Å². The van der Waals surface area contributed by atoms with Crippen LogP contribution in [-0.2, 0) is 34.0 Å². The van der Waals surface area contributed by atoms with E-state index in [1.54, 1.807) is 17.0 Å². The number of hydrogen-bond acceptors (Lipinski definition) is 8. The molecule has 2 aromatic rings. The number of benzene rings is 1. The lowest BCUT2D eigenvalue weighted by Crippen LogP contribution is -2.44. The van der Waals surface area contributed by atoms with E-state index >= 15 is 0 Å². The minimum atomic E-state index is -0.543. The van der Waals surface area contributed by atoms with Gasteiger partial charge in [-0.1, -0.05) is 11.2 Å². The molecule has 3 aliphatic rings. The molecule has 1 atom stereocenters. The highest BCUT2D eigenvalue weighted by molar-refractivity contribution is 6.07. The van der Waals surface area contributed by atoms with Crippen molar-refractivity contribution < 1.29 is 28.4 Å². The molecule has 168 valence electrons. The van der Waals surface area contributed by atoms with Crippen LogP contribution in [0.5, 0.6) is 5.75 Å². The Hall–Kier alpha value is -3.04. The molecule has 1 amide bonds. The standard InChI is InChI=1S/C23H25N3O6/c27-16-4-5-20(21(28)11-16)26-13-19-18(23(26)29)2-1-3-22(19)31-14-15-10-17(32-24-15)12-25-6-8-30-9-7-25/h1-3,10,20H,4-9,11-14H2. The van der Waals surface area contributed by atoms with Crippen LogP contribution in [0.1, 0.15) is 46.6 Å². The zero-order valence-electron chi connectivity index (χ0n) is 17.7. The second kappa shape index (κ2) is 8.84. The molecule has 0 bridgehead atoms. The molecule has 9 nitrogen and oxygen atoms in total. The van der Waals surface area contributed by atoms with E-state index in [0.29, 0.717) is 42.9 Å². The van der Waals surface area contributed by atoms with Gasteiger partial charge in [-0.3, -0.25) is 19.3 Å². The number of carbonyl (C=O) groups excluding carboxylic acids is 3. The first-order valence-corrected chi connectivity index (χ1v) is 10.9. The van der Waals surface area contributed by atoms with Gasteiger partial charge in [-0.15, -0.1) is 0 Å². The maximum absolute atomic E-state index is 12.9. The fourth-order valence-corrected chi connectivity index (χ4v) is 4.53. The number of ether oxygens (including phenoxy) is 2. The van der Waals surface area contributed by atoms with Crippen LogP contribution in [0.2, 0.25) is 0 Å². The Bertz CT molecular complexity index is 1040. The van der Waals surface area contributed by atoms with Crippen LogP contribution in [0.15, 0.2) is 28.8 Å². The van der Waals surface area contributed by atoms with E-state index in [1.165, 1.54) is 0 Å². The van der Waals surface area contributed by atoms with Crippen molar-refractivity contribution >= 4 is 17.5 Å². The Morgan fingerprint density at radius 3 is 2.81 bits per heavy atom. The summed E-state index contributed by atoms with van der Waals surface area (Å²) in [4.78, 5) is 40.7. The zero-order valence-corrected chi connectivity index (χ0v) is 17.7. The molecule has 1 saturated heterocycles. The van der Waals surface area contributed by atoms with E-state index in [9.17, 15) is 14.4 Å². The van der Waals surface area contributed by atoms with Crippen molar-refractivity contribution in [2.24, 2.45) is 0 Å². The molecular weight excluding hydrogens is 414 g/mol. The molecule has 3 heterocycles. The summed E-state index contributed by atoms with van der Waals surface area (Å²) < 4.78 is 16.8. The molecule has 0 spiro atoms. The van der Waals surface area contributed by atoms with Gasteiger partial charge in [0.2, 0.25) is 0 Å². The number of rotatable bonds is 6. The van der Waals surface area contributed by atoms with E-state index in [1.807, 2.05) is 12.1 Å². The summed E-state index contributed by atoms with van der Waals surface area (Å²) in [5, 5.41) is 4.10. The van der Waals surface area contributed by atoms with E-state index in [2.05, 4.69) is 10.1 Å². The normalized spacial score (nSPS) is 21.8. The molecule has 2 aliphatic heterocycles. The Labute approximate surface area is 185 Å². The number of Topliss-reactive ketones (excluding diaryl/α,β-unsaturated/α-hetero) is 2. The van der Waals surface area contributed by atoms with Gasteiger partial charge in [0, 0.05) is 36.7 Å². The molecule has 0 radical (unpaired) electrons. The monoisotopic (exact) mass is 439 g/mol. The number of nitrogens with zero attached hydrogens (tertiary/aromatic N) is 3. The summed E-state index contributed by atoms with van der Waals surface area (Å²) in [6.45, 7) is 4.38. The molecule has 0 N–H and O–H groups in total. The van der Waals surface area contributed by atoms with Gasteiger partial charge in [-0.2, -0.15) is 0 Å². The van der Waals surface area contributed by atoms with Gasteiger partial charge in [0.05, 0.1) is 38.8 Å². The topological polar surface area (TPSA) is 102 Å². The maximum Gasteiger partial charge on any atom is 0.255 e. The number of ketones is 2. The van der Waals surface area contributed by atoms with E-state index in [0.717, 1.165) is 37.6 Å². The summed E-state index contributed by atoms with van der Waals surface area (Å²) in [6.07, 6.45) is 0.629. The van der Waals surface area contributed by atoms with Gasteiger partial charge in [-0.05, 0) is 18.6 Å². The van der Waals surface area contributed by atoms with E-state index in [4.69, 9.17) is 14.0 Å². The van der Waals surface area contributed by atoms with Gasteiger partial charge in [0.15, 0.2) is 11.5 Å². The summed E-state index contributed by atoms with van der Waals surface area (Å²) in [5.74, 6) is 0.943. The summed E-state index contributed by atoms with van der Waals surface area (Å²) in [6, 6.07) is 6.68. The minimum absolute atomic E-state index is 0.0555. The van der Waals surface area contributed by atoms with Gasteiger partial charge in [-0.25, -0.2) is 0 Å². The van der Waals surface area contributed by atoms with Crippen LogP contribution >= 0.6 is 0 Å². The molecule has 1 aliphatic carbocycles. The smallest absolute Gasteiger partial charge is 0.255 e. The molecule has 1 aromatic carbocycles. The number of amides is 1. The highest BCUT2D eigenvalue weighted by Gasteiger charge is 2.40. The maximum atomic E-state index is 12.9. The van der Waals surface area contributed by atoms with E-state index < -0.39 is 6.04 Å². The summed E-state index contributed by atoms with van der Waals surface area (Å²) >= 11 is 0. The average Bonchev–Trinajstić information content (AvgIpc) is 3.38. The first-order valence-electron chi connectivity index (χ1n) is 10.9. The Kier molecular flexibility index (Phi) is 5.75. The molecule has 9 heteroatoms. The first-order chi connectivity index (χ1) is 15.6. The van der Waals surface area contributed by atoms with Crippen molar-refractivity contribution in [3.8, 4) is 5.75 Å². The number of morpholine rings is 1. The number of carbonyl (C=O) groups is 3. The third-order valence-corrected chi connectivity index (χ3v) is 6.24. The number of hydrogen-bond donors (Lipinski definition) is 0. The van der Waals surface area contributed by atoms with Crippen LogP contribution in [0.25, 0.3) is 0 Å². The molecule has 1 aromatic heterocycles. The van der Waals surface area contributed by atoms with Crippen molar-refractivity contribution in [3.63, 3.8) is 0 Å². The molecule has 32 heavy (non-hydrogen) atoms. The molecule has 5 rings (SSSR count). The van der Waals surface area contributed by atoms with Crippen LogP contribution in [0.3, 0.4) is 0 Å². The average molecular weight is 439 g/mol. The SMILES string of the molecule is O=C1CCC(N2Cc3c(OCc4cc(CN5CCOCC5)on4)cccc3C2=O)C(=O)C1. The second-order valence-corrected chi connectivity index (χ2v) is 8.41. The number of aromatic nitrogens is 1. The third-order valence-electron chi connectivity index (χ3n) is 6.24. The van der Waals surface area contributed by atoms with Crippen LogP contribution in [0, 0.1) is 0 Å². The van der Waals surface area contributed by atoms with Crippen LogP contribution < -0.4 is 4.74 Å². The quantitative estimate of drug-likeness (QED) is 0.627. The second-order valence-electron chi connectivity index (χ2n) is 8.41. The molecule has 2 fully saturated rings. The number of fused-ring (bicyclic) bond motifs is 1. The lowest BCUT2D eigenvalue weighted by Gasteiger charge is -2.29. The Morgan fingerprint density at radius 2 is 2.00 bits per heavy atom. The Morgan fingerprint density at radius 1 is 1.16 bits per heavy atom. The highest BCUT2D eigenvalue weighted by Crippen LogP contribution is 2.34. The summed E-state index contributed by atoms with van der Waals surface area (Å²) in [5.41, 5.74) is 1.98. The van der Waals surface area contributed by atoms with Crippen molar-refractivity contribution in [2.75, 3.05) is 26.3 Å². The minimum Gasteiger partial charge on any atom is -0.487 e. The van der Waals surface area contributed by atoms with E-state index in [-0.39, 0.29) is 30.5 Å². The lowest BCUT2D eigenvalue weighted by atomic mass is 9.92. The Balaban J connectivity index is 1.24. The first kappa shape index (κ1) is 20.8. The molecule has 1 unspecified atom stereocenters. The van der Waals surface area contributed by atoms with Gasteiger partial charge < -0.3 is 18.9 Å². The van der Waals surface area contributed by atoms with Gasteiger partial charge in [0.1, 0.15) is 23.8 Å². The molecule has 1 saturated carbocycles. The van der Waals surface area contributed by atoms with Crippen molar-refractivity contribution in [2.45, 2.75) is 45.0 Å². The fraction of sp³-hybridized carbons (Fsp3) is 0.478. The van der Waals surface area contributed by atoms with Gasteiger partial charge in [0.25, 0.3) is 5.91 Å².